The van der Waals surface area contributed by atoms with Gasteiger partial charge in [-0.2, -0.15) is 0 Å². The van der Waals surface area contributed by atoms with Gasteiger partial charge in [0.25, 0.3) is 0 Å². The van der Waals surface area contributed by atoms with E-state index in [1.54, 1.807) is 12.1 Å². The molecule has 0 bridgehead atoms. The van der Waals surface area contributed by atoms with Crippen molar-refractivity contribution in [3.63, 3.8) is 0 Å². The third-order valence-corrected chi connectivity index (χ3v) is 3.02. The quantitative estimate of drug-likeness (QED) is 0.821. The Bertz CT molecular complexity index is 305. The van der Waals surface area contributed by atoms with Crippen molar-refractivity contribution in [3.8, 4) is 5.75 Å². The lowest BCUT2D eigenvalue weighted by atomic mass is 10.0. The highest BCUT2D eigenvalue weighted by Gasteiger charge is 2.17. The van der Waals surface area contributed by atoms with Gasteiger partial charge in [-0.1, -0.05) is 19.1 Å². The lowest BCUT2D eigenvalue weighted by molar-refractivity contribution is 0.165. The van der Waals surface area contributed by atoms with Gasteiger partial charge >= 0.3 is 0 Å². The van der Waals surface area contributed by atoms with Crippen molar-refractivity contribution >= 4 is 0 Å². The summed E-state index contributed by atoms with van der Waals surface area (Å²) in [5.41, 5.74) is 1.26. The summed E-state index contributed by atoms with van der Waals surface area (Å²) in [6, 6.07) is 8.48. The van der Waals surface area contributed by atoms with E-state index in [9.17, 15) is 5.11 Å². The van der Waals surface area contributed by atoms with Crippen LogP contribution in [0.3, 0.4) is 0 Å². The average molecular weight is 221 g/mol. The van der Waals surface area contributed by atoms with E-state index in [1.807, 2.05) is 12.1 Å². The molecule has 0 radical (unpaired) electrons. The first-order valence-corrected chi connectivity index (χ1v) is 6.11. The van der Waals surface area contributed by atoms with Crippen LogP contribution >= 0.6 is 0 Å². The molecule has 1 unspecified atom stereocenters. The predicted molar refractivity (Wildman–Crippen MR) is 68.7 cm³/mol. The Hall–Kier alpha value is -1.02. The van der Waals surface area contributed by atoms with E-state index in [0.717, 1.165) is 6.54 Å². The number of nitrogens with zero attached hydrogens (tertiary/aromatic N) is 1. The molecule has 0 spiro atoms. The fourth-order valence-corrected chi connectivity index (χ4v) is 2.10. The maximum atomic E-state index is 9.28. The summed E-state index contributed by atoms with van der Waals surface area (Å²) in [6.45, 7) is 10.00. The number of hydrogen-bond donors (Lipinski definition) is 1. The minimum Gasteiger partial charge on any atom is -0.508 e. The van der Waals surface area contributed by atoms with Crippen molar-refractivity contribution in [1.82, 2.24) is 4.90 Å². The summed E-state index contributed by atoms with van der Waals surface area (Å²) in [5.74, 6) is 0.336. The molecular formula is C14H23NO. The molecule has 2 nitrogen and oxygen atoms in total. The van der Waals surface area contributed by atoms with Crippen LogP contribution in [-0.4, -0.2) is 22.6 Å². The van der Waals surface area contributed by atoms with E-state index >= 15 is 0 Å². The van der Waals surface area contributed by atoms with Crippen molar-refractivity contribution in [1.29, 1.82) is 0 Å². The summed E-state index contributed by atoms with van der Waals surface area (Å²) in [6.07, 6.45) is 1.17. The fraction of sp³-hybridized carbons (Fsp3) is 0.571. The predicted octanol–water partition coefficient (Wildman–Crippen LogP) is 3.57. The number of benzene rings is 1. The molecule has 0 aliphatic rings. The molecule has 0 saturated carbocycles. The third-order valence-electron chi connectivity index (χ3n) is 3.02. The fourth-order valence-electron chi connectivity index (χ4n) is 2.10. The summed E-state index contributed by atoms with van der Waals surface area (Å²) in [7, 11) is 0. The maximum absolute atomic E-state index is 9.28. The first kappa shape index (κ1) is 13.0. The molecule has 2 heteroatoms. The van der Waals surface area contributed by atoms with Crippen LogP contribution in [0.15, 0.2) is 24.3 Å². The van der Waals surface area contributed by atoms with Crippen molar-refractivity contribution in [2.75, 3.05) is 6.54 Å². The Morgan fingerprint density at radius 3 is 2.12 bits per heavy atom. The van der Waals surface area contributed by atoms with Crippen LogP contribution in [0.4, 0.5) is 0 Å². The van der Waals surface area contributed by atoms with Gasteiger partial charge < -0.3 is 5.11 Å². The van der Waals surface area contributed by atoms with Crippen LogP contribution < -0.4 is 0 Å². The Labute approximate surface area is 98.9 Å². The van der Waals surface area contributed by atoms with Crippen LogP contribution in [0, 0.1) is 0 Å². The number of phenolic OH excluding ortho intramolecular Hbond substituents is 1. The summed E-state index contributed by atoms with van der Waals surface area (Å²) in [4.78, 5) is 2.48. The van der Waals surface area contributed by atoms with Crippen molar-refractivity contribution < 1.29 is 5.11 Å². The Kier molecular flexibility index (Phi) is 4.81. The van der Waals surface area contributed by atoms with Gasteiger partial charge in [-0.05, 0) is 51.4 Å². The number of rotatable bonds is 5. The van der Waals surface area contributed by atoms with Gasteiger partial charge in [0.1, 0.15) is 5.75 Å². The largest absolute Gasteiger partial charge is 0.508 e. The smallest absolute Gasteiger partial charge is 0.115 e. The maximum Gasteiger partial charge on any atom is 0.115 e. The number of phenols is 1. The molecule has 0 aliphatic heterocycles. The van der Waals surface area contributed by atoms with Gasteiger partial charge in [-0.25, -0.2) is 0 Å². The van der Waals surface area contributed by atoms with Crippen LogP contribution in [0.2, 0.25) is 0 Å². The Morgan fingerprint density at radius 2 is 1.69 bits per heavy atom. The molecule has 0 saturated heterocycles. The Balaban J connectivity index is 2.81. The first-order valence-electron chi connectivity index (χ1n) is 6.11. The molecule has 0 heterocycles. The van der Waals surface area contributed by atoms with Crippen LogP contribution in [0.25, 0.3) is 0 Å². The summed E-state index contributed by atoms with van der Waals surface area (Å²) in [5, 5.41) is 9.28. The second-order valence-electron chi connectivity index (χ2n) is 4.60. The van der Waals surface area contributed by atoms with E-state index in [1.165, 1.54) is 12.0 Å². The van der Waals surface area contributed by atoms with Gasteiger partial charge in [-0.3, -0.25) is 4.90 Å². The number of aromatic hydroxyl groups is 1. The first-order chi connectivity index (χ1) is 7.56. The van der Waals surface area contributed by atoms with Crippen molar-refractivity contribution in [3.05, 3.63) is 29.8 Å². The van der Waals surface area contributed by atoms with E-state index in [-0.39, 0.29) is 0 Å². The van der Waals surface area contributed by atoms with E-state index in [0.29, 0.717) is 17.8 Å². The minimum atomic E-state index is 0.336. The molecule has 0 aliphatic carbocycles. The SMILES string of the molecule is CCCN(C(C)C)C(C)c1ccc(O)cc1. The Morgan fingerprint density at radius 1 is 1.12 bits per heavy atom. The standard InChI is InChI=1S/C14H23NO/c1-5-10-15(11(2)3)12(4)13-6-8-14(16)9-7-13/h6-9,11-12,16H,5,10H2,1-4H3. The molecular weight excluding hydrogens is 198 g/mol. The highest BCUT2D eigenvalue weighted by atomic mass is 16.3. The molecule has 1 atom stereocenters. The molecule has 0 aromatic heterocycles. The van der Waals surface area contributed by atoms with Gasteiger partial charge in [0, 0.05) is 12.1 Å². The normalized spacial score (nSPS) is 13.4. The summed E-state index contributed by atoms with van der Waals surface area (Å²) >= 11 is 0. The third kappa shape index (κ3) is 3.24. The summed E-state index contributed by atoms with van der Waals surface area (Å²) < 4.78 is 0. The molecule has 16 heavy (non-hydrogen) atoms. The highest BCUT2D eigenvalue weighted by molar-refractivity contribution is 5.27. The van der Waals surface area contributed by atoms with Crippen LogP contribution in [-0.2, 0) is 0 Å². The zero-order chi connectivity index (χ0) is 12.1. The average Bonchev–Trinajstić information content (AvgIpc) is 2.25. The molecule has 1 rings (SSSR count). The van der Waals surface area contributed by atoms with Gasteiger partial charge in [0.2, 0.25) is 0 Å². The zero-order valence-corrected chi connectivity index (χ0v) is 10.8. The monoisotopic (exact) mass is 221 g/mol. The lowest BCUT2D eigenvalue weighted by Gasteiger charge is -2.32. The lowest BCUT2D eigenvalue weighted by Crippen LogP contribution is -2.34. The minimum absolute atomic E-state index is 0.336. The molecule has 1 aromatic carbocycles. The molecule has 0 amide bonds. The van der Waals surface area contributed by atoms with E-state index in [4.69, 9.17) is 0 Å². The zero-order valence-electron chi connectivity index (χ0n) is 10.8. The van der Waals surface area contributed by atoms with Crippen molar-refractivity contribution in [2.24, 2.45) is 0 Å². The van der Waals surface area contributed by atoms with Crippen molar-refractivity contribution in [2.45, 2.75) is 46.2 Å². The molecule has 1 aromatic rings. The van der Waals surface area contributed by atoms with Crippen LogP contribution in [0.5, 0.6) is 5.75 Å². The topological polar surface area (TPSA) is 23.5 Å². The highest BCUT2D eigenvalue weighted by Crippen LogP contribution is 2.24. The van der Waals surface area contributed by atoms with Crippen LogP contribution in [0.1, 0.15) is 45.7 Å². The second kappa shape index (κ2) is 5.90. The molecule has 0 fully saturated rings. The van der Waals surface area contributed by atoms with Gasteiger partial charge in [0.15, 0.2) is 0 Å². The molecule has 1 N–H and O–H groups in total. The number of hydrogen-bond acceptors (Lipinski definition) is 2. The van der Waals surface area contributed by atoms with E-state index < -0.39 is 0 Å². The van der Waals surface area contributed by atoms with E-state index in [2.05, 4.69) is 32.6 Å². The van der Waals surface area contributed by atoms with Gasteiger partial charge in [-0.15, -0.1) is 0 Å². The second-order valence-corrected chi connectivity index (χ2v) is 4.60. The van der Waals surface area contributed by atoms with Gasteiger partial charge in [0.05, 0.1) is 0 Å². The molecule has 90 valence electrons.